The van der Waals surface area contributed by atoms with E-state index in [2.05, 4.69) is 10.8 Å². The van der Waals surface area contributed by atoms with Crippen LogP contribution in [0.15, 0.2) is 30.3 Å². The Labute approximate surface area is 121 Å². The predicted molar refractivity (Wildman–Crippen MR) is 80.8 cm³/mol. The molecule has 0 aliphatic carbocycles. The van der Waals surface area contributed by atoms with Crippen LogP contribution in [-0.2, 0) is 16.4 Å². The third-order valence-corrected chi connectivity index (χ3v) is 5.40. The normalized spacial score (nSPS) is 17.8. The van der Waals surface area contributed by atoms with E-state index >= 15 is 0 Å². The largest absolute Gasteiger partial charge is 0.290 e. The monoisotopic (exact) mass is 292 g/mol. The Morgan fingerprint density at radius 1 is 1.10 bits per heavy atom. The summed E-state index contributed by atoms with van der Waals surface area (Å²) in [5, 5.41) is 0. The van der Waals surface area contributed by atoms with Crippen molar-refractivity contribution in [3.8, 4) is 12.3 Å². The van der Waals surface area contributed by atoms with Crippen molar-refractivity contribution in [2.45, 2.75) is 6.42 Å². The molecule has 2 rings (SSSR count). The molecule has 20 heavy (non-hydrogen) atoms. The third kappa shape index (κ3) is 4.07. The molecule has 5 heteroatoms. The molecule has 0 radical (unpaired) electrons. The molecule has 1 aromatic rings. The van der Waals surface area contributed by atoms with Crippen molar-refractivity contribution < 1.29 is 8.42 Å². The smallest absolute Gasteiger partial charge is 0.214 e. The number of hydrogen-bond acceptors (Lipinski definition) is 3. The molecule has 1 saturated heterocycles. The molecule has 0 bridgehead atoms. The lowest BCUT2D eigenvalue weighted by molar-refractivity contribution is 0.207. The summed E-state index contributed by atoms with van der Waals surface area (Å²) in [7, 11) is -3.16. The Hall–Kier alpha value is -1.35. The Bertz CT molecular complexity index is 555. The minimum absolute atomic E-state index is 0.173. The molecule has 0 saturated carbocycles. The summed E-state index contributed by atoms with van der Waals surface area (Å²) < 4.78 is 26.2. The van der Waals surface area contributed by atoms with Gasteiger partial charge in [-0.05, 0) is 12.0 Å². The molecule has 0 N–H and O–H groups in total. The molecular weight excluding hydrogens is 272 g/mol. The minimum Gasteiger partial charge on any atom is -0.290 e. The van der Waals surface area contributed by atoms with Gasteiger partial charge in [0.15, 0.2) is 0 Å². The van der Waals surface area contributed by atoms with Gasteiger partial charge in [-0.15, -0.1) is 6.42 Å². The first-order chi connectivity index (χ1) is 9.62. The average Bonchev–Trinajstić information content (AvgIpc) is 2.47. The van der Waals surface area contributed by atoms with E-state index < -0.39 is 10.0 Å². The number of aryl methyl sites for hydroxylation is 1. The standard InChI is InChI=1S/C15H20N2O2S/c1-2-9-16-10-12-17(13-11-16)20(18,19)14-8-15-6-4-3-5-7-15/h1,3-7H,8-14H2. The molecule has 1 aliphatic heterocycles. The molecule has 0 unspecified atom stereocenters. The van der Waals surface area contributed by atoms with Crippen molar-refractivity contribution >= 4 is 10.0 Å². The number of terminal acetylenes is 1. The summed E-state index contributed by atoms with van der Waals surface area (Å²) in [6.07, 6.45) is 5.83. The highest BCUT2D eigenvalue weighted by atomic mass is 32.2. The van der Waals surface area contributed by atoms with E-state index in [1.54, 1.807) is 4.31 Å². The summed E-state index contributed by atoms with van der Waals surface area (Å²) in [6, 6.07) is 9.71. The highest BCUT2D eigenvalue weighted by molar-refractivity contribution is 7.89. The summed E-state index contributed by atoms with van der Waals surface area (Å²) >= 11 is 0. The molecule has 1 heterocycles. The van der Waals surface area contributed by atoms with E-state index in [-0.39, 0.29) is 5.75 Å². The molecule has 0 aromatic heterocycles. The van der Waals surface area contributed by atoms with Gasteiger partial charge >= 0.3 is 0 Å². The zero-order chi connectivity index (χ0) is 14.4. The van der Waals surface area contributed by atoms with Gasteiger partial charge in [0, 0.05) is 26.2 Å². The van der Waals surface area contributed by atoms with Crippen molar-refractivity contribution in [1.82, 2.24) is 9.21 Å². The number of benzene rings is 1. The maximum atomic E-state index is 12.3. The van der Waals surface area contributed by atoms with Gasteiger partial charge in [-0.1, -0.05) is 36.3 Å². The van der Waals surface area contributed by atoms with Crippen LogP contribution in [0.25, 0.3) is 0 Å². The fraction of sp³-hybridized carbons (Fsp3) is 0.467. The van der Waals surface area contributed by atoms with Crippen molar-refractivity contribution in [3.05, 3.63) is 35.9 Å². The summed E-state index contributed by atoms with van der Waals surface area (Å²) in [5.74, 6) is 2.77. The van der Waals surface area contributed by atoms with Crippen LogP contribution in [0.5, 0.6) is 0 Å². The minimum atomic E-state index is -3.16. The SMILES string of the molecule is C#CCN1CCN(S(=O)(=O)CCc2ccccc2)CC1. The predicted octanol–water partition coefficient (Wildman–Crippen LogP) is 0.810. The second kappa shape index (κ2) is 6.89. The number of hydrogen-bond donors (Lipinski definition) is 0. The molecule has 108 valence electrons. The topological polar surface area (TPSA) is 40.6 Å². The molecule has 1 fully saturated rings. The zero-order valence-electron chi connectivity index (χ0n) is 11.5. The lowest BCUT2D eigenvalue weighted by atomic mass is 10.2. The lowest BCUT2D eigenvalue weighted by Crippen LogP contribution is -2.49. The van der Waals surface area contributed by atoms with Crippen LogP contribution in [0, 0.1) is 12.3 Å². The molecular formula is C15H20N2O2S. The maximum absolute atomic E-state index is 12.3. The van der Waals surface area contributed by atoms with Gasteiger partial charge < -0.3 is 0 Å². The second-order valence-electron chi connectivity index (χ2n) is 4.93. The molecule has 1 aliphatic rings. The van der Waals surface area contributed by atoms with Crippen molar-refractivity contribution in [3.63, 3.8) is 0 Å². The third-order valence-electron chi connectivity index (χ3n) is 3.53. The fourth-order valence-corrected chi connectivity index (χ4v) is 3.79. The van der Waals surface area contributed by atoms with Crippen LogP contribution in [0.2, 0.25) is 0 Å². The molecule has 1 aromatic carbocycles. The van der Waals surface area contributed by atoms with Crippen molar-refractivity contribution in [2.24, 2.45) is 0 Å². The number of piperazine rings is 1. The Morgan fingerprint density at radius 2 is 1.75 bits per heavy atom. The van der Waals surface area contributed by atoms with Gasteiger partial charge in [0.2, 0.25) is 10.0 Å². The van der Waals surface area contributed by atoms with Crippen molar-refractivity contribution in [1.29, 1.82) is 0 Å². The van der Waals surface area contributed by atoms with E-state index in [0.717, 1.165) is 18.7 Å². The first-order valence-corrected chi connectivity index (χ1v) is 8.40. The maximum Gasteiger partial charge on any atom is 0.214 e. The summed E-state index contributed by atoms with van der Waals surface area (Å²) in [6.45, 7) is 3.11. The molecule has 4 nitrogen and oxygen atoms in total. The Balaban J connectivity index is 1.87. The van der Waals surface area contributed by atoms with Gasteiger partial charge in [-0.3, -0.25) is 4.90 Å². The van der Waals surface area contributed by atoms with Gasteiger partial charge in [-0.2, -0.15) is 4.31 Å². The van der Waals surface area contributed by atoms with E-state index in [9.17, 15) is 8.42 Å². The van der Waals surface area contributed by atoms with Gasteiger partial charge in [0.25, 0.3) is 0 Å². The summed E-state index contributed by atoms with van der Waals surface area (Å²) in [5.41, 5.74) is 1.06. The Morgan fingerprint density at radius 3 is 2.35 bits per heavy atom. The van der Waals surface area contributed by atoms with E-state index in [0.29, 0.717) is 26.1 Å². The van der Waals surface area contributed by atoms with Gasteiger partial charge in [0.1, 0.15) is 0 Å². The van der Waals surface area contributed by atoms with Gasteiger partial charge in [-0.25, -0.2) is 8.42 Å². The van der Waals surface area contributed by atoms with Crippen molar-refractivity contribution in [2.75, 3.05) is 38.5 Å². The van der Waals surface area contributed by atoms with Crippen LogP contribution in [0.3, 0.4) is 0 Å². The molecule has 0 amide bonds. The quantitative estimate of drug-likeness (QED) is 0.754. The van der Waals surface area contributed by atoms with E-state index in [1.165, 1.54) is 0 Å². The average molecular weight is 292 g/mol. The highest BCUT2D eigenvalue weighted by Crippen LogP contribution is 2.10. The fourth-order valence-electron chi connectivity index (χ4n) is 2.32. The molecule has 0 spiro atoms. The van der Waals surface area contributed by atoms with Crippen LogP contribution in [-0.4, -0.2) is 56.1 Å². The second-order valence-corrected chi connectivity index (χ2v) is 7.02. The van der Waals surface area contributed by atoms with Crippen LogP contribution >= 0.6 is 0 Å². The van der Waals surface area contributed by atoms with Crippen LogP contribution < -0.4 is 0 Å². The molecule has 0 atom stereocenters. The summed E-state index contributed by atoms with van der Waals surface area (Å²) in [4.78, 5) is 2.10. The Kier molecular flexibility index (Phi) is 5.18. The van der Waals surface area contributed by atoms with E-state index in [1.807, 2.05) is 30.3 Å². The number of nitrogens with zero attached hydrogens (tertiary/aromatic N) is 2. The highest BCUT2D eigenvalue weighted by Gasteiger charge is 2.26. The van der Waals surface area contributed by atoms with E-state index in [4.69, 9.17) is 6.42 Å². The van der Waals surface area contributed by atoms with Crippen LogP contribution in [0.1, 0.15) is 5.56 Å². The first-order valence-electron chi connectivity index (χ1n) is 6.79. The number of sulfonamides is 1. The lowest BCUT2D eigenvalue weighted by Gasteiger charge is -2.32. The zero-order valence-corrected chi connectivity index (χ0v) is 12.3. The van der Waals surface area contributed by atoms with Crippen LogP contribution in [0.4, 0.5) is 0 Å². The first kappa shape index (κ1) is 15.0. The number of rotatable bonds is 5. The van der Waals surface area contributed by atoms with Gasteiger partial charge in [0.05, 0.1) is 12.3 Å².